The van der Waals surface area contributed by atoms with Gasteiger partial charge in [-0.2, -0.15) is 0 Å². The maximum Gasteiger partial charge on any atom is 0.191 e. The molecule has 0 saturated heterocycles. The van der Waals surface area contributed by atoms with E-state index in [9.17, 15) is 0 Å². The second kappa shape index (κ2) is 10.9. The van der Waals surface area contributed by atoms with E-state index in [1.165, 1.54) is 12.8 Å². The van der Waals surface area contributed by atoms with Crippen molar-refractivity contribution in [3.8, 4) is 0 Å². The summed E-state index contributed by atoms with van der Waals surface area (Å²) in [6.45, 7) is 11.3. The van der Waals surface area contributed by atoms with Crippen molar-refractivity contribution < 1.29 is 0 Å². The zero-order valence-corrected chi connectivity index (χ0v) is 17.0. The summed E-state index contributed by atoms with van der Waals surface area (Å²) in [5, 5.41) is 6.73. The highest BCUT2D eigenvalue weighted by Crippen LogP contribution is 2.28. The Morgan fingerprint density at radius 1 is 1.26 bits per heavy atom. The Bertz CT molecular complexity index is 438. The van der Waals surface area contributed by atoms with Crippen LogP contribution in [0.2, 0.25) is 0 Å². The van der Waals surface area contributed by atoms with E-state index in [0.717, 1.165) is 44.7 Å². The Labute approximate surface area is 157 Å². The lowest BCUT2D eigenvalue weighted by atomic mass is 10.3. The predicted octanol–water partition coefficient (Wildman–Crippen LogP) is 2.53. The maximum absolute atomic E-state index is 4.71. The first-order valence-corrected chi connectivity index (χ1v) is 8.59. The van der Waals surface area contributed by atoms with Crippen molar-refractivity contribution in [1.29, 1.82) is 0 Å². The fourth-order valence-electron chi connectivity index (χ4n) is 2.71. The molecule has 0 radical (unpaired) electrons. The van der Waals surface area contributed by atoms with Crippen LogP contribution in [0, 0.1) is 0 Å². The standard InChI is InChI=1S/C17H31N5.HI/c1-4-18-17(19-9-13-21-11-5-6-12-21)20-10-14-22(15(2)3)16-7-8-16;/h5-6,11-12,15-16H,4,7-10,13-14H2,1-3H3,(H2,18,19,20);1H. The van der Waals surface area contributed by atoms with E-state index >= 15 is 0 Å². The number of nitrogens with zero attached hydrogens (tertiary/aromatic N) is 3. The van der Waals surface area contributed by atoms with Crippen molar-refractivity contribution in [1.82, 2.24) is 20.1 Å². The van der Waals surface area contributed by atoms with Crippen molar-refractivity contribution in [2.24, 2.45) is 4.99 Å². The largest absolute Gasteiger partial charge is 0.357 e. The summed E-state index contributed by atoms with van der Waals surface area (Å²) in [4.78, 5) is 7.28. The first kappa shape index (κ1) is 20.3. The highest BCUT2D eigenvalue weighted by molar-refractivity contribution is 14.0. The van der Waals surface area contributed by atoms with Gasteiger partial charge in [0.1, 0.15) is 0 Å². The van der Waals surface area contributed by atoms with E-state index in [0.29, 0.717) is 6.04 Å². The monoisotopic (exact) mass is 433 g/mol. The van der Waals surface area contributed by atoms with Gasteiger partial charge in [0.05, 0.1) is 6.54 Å². The van der Waals surface area contributed by atoms with E-state index in [1.807, 2.05) is 0 Å². The van der Waals surface area contributed by atoms with Crippen molar-refractivity contribution in [2.45, 2.75) is 52.2 Å². The third-order valence-corrected chi connectivity index (χ3v) is 3.98. The van der Waals surface area contributed by atoms with Crippen LogP contribution in [0.25, 0.3) is 0 Å². The summed E-state index contributed by atoms with van der Waals surface area (Å²) in [6, 6.07) is 5.53. The van der Waals surface area contributed by atoms with Crippen molar-refractivity contribution in [3.63, 3.8) is 0 Å². The molecule has 1 fully saturated rings. The molecule has 23 heavy (non-hydrogen) atoms. The minimum Gasteiger partial charge on any atom is -0.357 e. The van der Waals surface area contributed by atoms with Gasteiger partial charge in [-0.1, -0.05) is 0 Å². The summed E-state index contributed by atoms with van der Waals surface area (Å²) in [5.74, 6) is 0.925. The van der Waals surface area contributed by atoms with Crippen molar-refractivity contribution >= 4 is 29.9 Å². The molecule has 1 heterocycles. The first-order valence-electron chi connectivity index (χ1n) is 8.59. The number of aromatic nitrogens is 1. The van der Waals surface area contributed by atoms with Crippen LogP contribution < -0.4 is 10.6 Å². The minimum atomic E-state index is 0. The molecule has 1 aliphatic carbocycles. The molecule has 2 N–H and O–H groups in total. The molecule has 132 valence electrons. The van der Waals surface area contributed by atoms with E-state index < -0.39 is 0 Å². The Balaban J connectivity index is 0.00000264. The van der Waals surface area contributed by atoms with Gasteiger partial charge in [-0.25, -0.2) is 0 Å². The average Bonchev–Trinajstić information content (AvgIpc) is 3.19. The Morgan fingerprint density at radius 2 is 1.96 bits per heavy atom. The number of hydrogen-bond acceptors (Lipinski definition) is 2. The van der Waals surface area contributed by atoms with Gasteiger partial charge >= 0.3 is 0 Å². The zero-order chi connectivity index (χ0) is 15.8. The van der Waals surface area contributed by atoms with Gasteiger partial charge in [0, 0.05) is 50.7 Å². The number of rotatable bonds is 9. The number of guanidine groups is 1. The SMILES string of the molecule is CCNC(=NCCN(C(C)C)C1CC1)NCCn1cccc1.I. The Hall–Kier alpha value is -0.760. The van der Waals surface area contributed by atoms with Crippen LogP contribution in [0.3, 0.4) is 0 Å². The molecule has 1 aromatic heterocycles. The van der Waals surface area contributed by atoms with Crippen LogP contribution in [-0.2, 0) is 6.54 Å². The fraction of sp³-hybridized carbons (Fsp3) is 0.706. The van der Waals surface area contributed by atoms with Gasteiger partial charge in [-0.3, -0.25) is 9.89 Å². The molecule has 0 bridgehead atoms. The summed E-state index contributed by atoms with van der Waals surface area (Å²) >= 11 is 0. The smallest absolute Gasteiger partial charge is 0.191 e. The van der Waals surface area contributed by atoms with Gasteiger partial charge in [-0.15, -0.1) is 24.0 Å². The molecular weight excluding hydrogens is 401 g/mol. The summed E-state index contributed by atoms with van der Waals surface area (Å²) in [7, 11) is 0. The minimum absolute atomic E-state index is 0. The zero-order valence-electron chi connectivity index (χ0n) is 14.7. The average molecular weight is 433 g/mol. The highest BCUT2D eigenvalue weighted by atomic mass is 127. The molecule has 2 rings (SSSR count). The second-order valence-electron chi connectivity index (χ2n) is 6.17. The van der Waals surface area contributed by atoms with Gasteiger partial charge in [0.25, 0.3) is 0 Å². The molecule has 0 atom stereocenters. The van der Waals surface area contributed by atoms with Crippen molar-refractivity contribution in [2.75, 3.05) is 26.2 Å². The third kappa shape index (κ3) is 7.56. The fourth-order valence-corrected chi connectivity index (χ4v) is 2.71. The topological polar surface area (TPSA) is 44.6 Å². The lowest BCUT2D eigenvalue weighted by Crippen LogP contribution is -2.40. The van der Waals surface area contributed by atoms with E-state index in [2.05, 4.69) is 65.4 Å². The first-order chi connectivity index (χ1) is 10.7. The normalized spacial score (nSPS) is 14.9. The van der Waals surface area contributed by atoms with Crippen LogP contribution in [0.5, 0.6) is 0 Å². The summed E-state index contributed by atoms with van der Waals surface area (Å²) in [6.07, 6.45) is 6.89. The molecule has 0 aromatic carbocycles. The molecule has 5 nitrogen and oxygen atoms in total. The van der Waals surface area contributed by atoms with E-state index in [1.54, 1.807) is 0 Å². The van der Waals surface area contributed by atoms with E-state index in [-0.39, 0.29) is 24.0 Å². The molecular formula is C17H32IN5. The van der Waals surface area contributed by atoms with Gasteiger partial charge < -0.3 is 15.2 Å². The van der Waals surface area contributed by atoms with E-state index in [4.69, 9.17) is 4.99 Å². The summed E-state index contributed by atoms with van der Waals surface area (Å²) in [5.41, 5.74) is 0. The van der Waals surface area contributed by atoms with Gasteiger partial charge in [0.2, 0.25) is 0 Å². The molecule has 6 heteroatoms. The molecule has 1 saturated carbocycles. The quantitative estimate of drug-likeness (QED) is 0.358. The predicted molar refractivity (Wildman–Crippen MR) is 109 cm³/mol. The highest BCUT2D eigenvalue weighted by Gasteiger charge is 2.29. The number of aliphatic imine (C=N–C) groups is 1. The van der Waals surface area contributed by atoms with Gasteiger partial charge in [0.15, 0.2) is 5.96 Å². The van der Waals surface area contributed by atoms with Crippen molar-refractivity contribution in [3.05, 3.63) is 24.5 Å². The molecule has 1 aliphatic rings. The lowest BCUT2D eigenvalue weighted by molar-refractivity contribution is 0.218. The van der Waals surface area contributed by atoms with Crippen LogP contribution in [-0.4, -0.2) is 53.7 Å². The van der Waals surface area contributed by atoms with Gasteiger partial charge in [-0.05, 0) is 45.7 Å². The Kier molecular flexibility index (Phi) is 9.62. The number of halogens is 1. The van der Waals surface area contributed by atoms with Crippen LogP contribution in [0.15, 0.2) is 29.5 Å². The molecule has 1 aromatic rings. The summed E-state index contributed by atoms with van der Waals surface area (Å²) < 4.78 is 2.17. The maximum atomic E-state index is 4.71. The second-order valence-corrected chi connectivity index (χ2v) is 6.17. The number of nitrogens with one attached hydrogen (secondary N) is 2. The molecule has 0 spiro atoms. The molecule has 0 unspecified atom stereocenters. The lowest BCUT2D eigenvalue weighted by Gasteiger charge is -2.25. The third-order valence-electron chi connectivity index (χ3n) is 3.98. The molecule has 0 aliphatic heterocycles. The van der Waals surface area contributed by atoms with Crippen LogP contribution in [0.1, 0.15) is 33.6 Å². The molecule has 0 amide bonds. The van der Waals surface area contributed by atoms with Crippen LogP contribution >= 0.6 is 24.0 Å². The number of hydrogen-bond donors (Lipinski definition) is 2. The Morgan fingerprint density at radius 3 is 2.52 bits per heavy atom. The van der Waals surface area contributed by atoms with Crippen LogP contribution in [0.4, 0.5) is 0 Å².